The van der Waals surface area contributed by atoms with Crippen molar-refractivity contribution in [2.75, 3.05) is 6.54 Å². The van der Waals surface area contributed by atoms with Gasteiger partial charge in [-0.2, -0.15) is 0 Å². The van der Waals surface area contributed by atoms with Crippen molar-refractivity contribution in [1.82, 2.24) is 15.2 Å². The molecule has 2 aliphatic heterocycles. The summed E-state index contributed by atoms with van der Waals surface area (Å²) in [4.78, 5) is 45.2. The molecule has 0 aliphatic carbocycles. The van der Waals surface area contributed by atoms with E-state index in [0.29, 0.717) is 41.0 Å². The van der Waals surface area contributed by atoms with Crippen LogP contribution in [0.4, 0.5) is 0 Å². The third kappa shape index (κ3) is 3.36. The van der Waals surface area contributed by atoms with Gasteiger partial charge in [-0.1, -0.05) is 36.4 Å². The molecule has 0 saturated carbocycles. The van der Waals surface area contributed by atoms with Gasteiger partial charge in [-0.15, -0.1) is 0 Å². The zero-order valence-electron chi connectivity index (χ0n) is 19.7. The summed E-state index contributed by atoms with van der Waals surface area (Å²) < 4.78 is 12.1. The summed E-state index contributed by atoms with van der Waals surface area (Å²) in [5.74, 6) is 0.0254. The minimum absolute atomic E-state index is 0.00806. The lowest BCUT2D eigenvalue weighted by Gasteiger charge is -2.28. The van der Waals surface area contributed by atoms with Crippen molar-refractivity contribution in [3.63, 3.8) is 0 Å². The summed E-state index contributed by atoms with van der Waals surface area (Å²) in [7, 11) is 0. The predicted octanol–water partition coefficient (Wildman–Crippen LogP) is 4.11. The first kappa shape index (κ1) is 21.6. The van der Waals surface area contributed by atoms with E-state index in [9.17, 15) is 14.4 Å². The molecule has 0 bridgehead atoms. The topological polar surface area (TPSA) is 106 Å². The van der Waals surface area contributed by atoms with Crippen molar-refractivity contribution in [1.29, 1.82) is 0 Å². The number of fused-ring (bicyclic) bond motifs is 4. The number of carbonyl (C=O) groups is 3. The van der Waals surface area contributed by atoms with Crippen LogP contribution in [0, 0.1) is 0 Å². The fraction of sp³-hybridized carbons (Fsp3) is 0.172. The van der Waals surface area contributed by atoms with Crippen LogP contribution >= 0.6 is 0 Å². The summed E-state index contributed by atoms with van der Waals surface area (Å²) in [5.41, 5.74) is 2.97. The summed E-state index contributed by atoms with van der Waals surface area (Å²) in [5, 5.41) is 3.16. The van der Waals surface area contributed by atoms with E-state index in [0.717, 1.165) is 22.3 Å². The number of nitrogens with zero attached hydrogens (tertiary/aromatic N) is 2. The van der Waals surface area contributed by atoms with Gasteiger partial charge in [-0.05, 0) is 35.4 Å². The lowest BCUT2D eigenvalue weighted by atomic mass is 9.82. The van der Waals surface area contributed by atoms with Crippen molar-refractivity contribution >= 4 is 39.8 Å². The molecule has 2 aliphatic rings. The van der Waals surface area contributed by atoms with Crippen LogP contribution in [0.15, 0.2) is 81.8 Å². The quantitative estimate of drug-likeness (QED) is 0.371. The molecule has 0 unspecified atom stereocenters. The first-order valence-corrected chi connectivity index (χ1v) is 12.1. The second-order valence-corrected chi connectivity index (χ2v) is 9.68. The Bertz CT molecular complexity index is 1700. The molecule has 3 aromatic heterocycles. The Balaban J connectivity index is 1.24. The molecule has 2 aromatic carbocycles. The van der Waals surface area contributed by atoms with E-state index in [4.69, 9.17) is 8.83 Å². The van der Waals surface area contributed by atoms with Gasteiger partial charge >= 0.3 is 0 Å². The Labute approximate surface area is 210 Å². The maximum absolute atomic E-state index is 13.7. The van der Waals surface area contributed by atoms with Gasteiger partial charge in [0, 0.05) is 37.2 Å². The molecule has 5 aromatic rings. The van der Waals surface area contributed by atoms with E-state index in [1.807, 2.05) is 48.5 Å². The van der Waals surface area contributed by atoms with E-state index < -0.39 is 17.2 Å². The Hall–Kier alpha value is -4.72. The highest BCUT2D eigenvalue weighted by Gasteiger charge is 2.53. The van der Waals surface area contributed by atoms with E-state index in [2.05, 4.69) is 10.3 Å². The van der Waals surface area contributed by atoms with Crippen molar-refractivity contribution in [3.8, 4) is 0 Å². The number of amides is 3. The van der Waals surface area contributed by atoms with Gasteiger partial charge in [0.05, 0.1) is 12.0 Å². The summed E-state index contributed by atoms with van der Waals surface area (Å²) in [6.07, 6.45) is 2.15. The van der Waals surface area contributed by atoms with Crippen molar-refractivity contribution in [3.05, 3.63) is 101 Å². The van der Waals surface area contributed by atoms with Gasteiger partial charge < -0.3 is 13.7 Å². The molecule has 1 saturated heterocycles. The molecule has 5 heterocycles. The minimum atomic E-state index is -1.33. The first-order valence-electron chi connectivity index (χ1n) is 12.1. The van der Waals surface area contributed by atoms with Crippen LogP contribution in [0.25, 0.3) is 22.1 Å². The fourth-order valence-corrected chi connectivity index (χ4v) is 5.52. The molecule has 8 heteroatoms. The SMILES string of the molecule is O=C1C[C@@](CN2Cc3ccc4oc(Cc5ccccc5)cc4c3C2=O)(c2cc3ncccc3o2)C(=O)N1. The van der Waals surface area contributed by atoms with E-state index in [1.165, 1.54) is 0 Å². The van der Waals surface area contributed by atoms with Gasteiger partial charge in [0.1, 0.15) is 28.0 Å². The number of imide groups is 1. The lowest BCUT2D eigenvalue weighted by Crippen LogP contribution is -2.46. The Morgan fingerprint density at radius 3 is 2.59 bits per heavy atom. The van der Waals surface area contributed by atoms with Crippen LogP contribution in [-0.4, -0.2) is 34.2 Å². The number of benzene rings is 2. The standard InChI is InChI=1S/C29H21N3O5/c33-25-14-29(28(35)31-25,24-13-21-23(37-24)7-4-10-30-21)16-32-15-18-8-9-22-20(26(18)27(32)34)12-19(36-22)11-17-5-2-1-3-6-17/h1-10,12-13H,11,14-16H2,(H,31,33,35)/t29-/m1/s1. The molecule has 1 fully saturated rings. The van der Waals surface area contributed by atoms with Gasteiger partial charge in [-0.3, -0.25) is 24.7 Å². The Morgan fingerprint density at radius 2 is 1.81 bits per heavy atom. The van der Waals surface area contributed by atoms with Gasteiger partial charge in [0.2, 0.25) is 11.8 Å². The van der Waals surface area contributed by atoms with Crippen LogP contribution in [0.3, 0.4) is 0 Å². The molecular formula is C29H21N3O5. The Morgan fingerprint density at radius 1 is 0.946 bits per heavy atom. The monoisotopic (exact) mass is 491 g/mol. The van der Waals surface area contributed by atoms with Crippen LogP contribution in [0.5, 0.6) is 0 Å². The third-order valence-electron chi connectivity index (χ3n) is 7.29. The van der Waals surface area contributed by atoms with Crippen LogP contribution in [-0.2, 0) is 28.0 Å². The van der Waals surface area contributed by atoms with Crippen molar-refractivity contribution in [2.45, 2.75) is 24.8 Å². The van der Waals surface area contributed by atoms with Gasteiger partial charge in [-0.25, -0.2) is 0 Å². The van der Waals surface area contributed by atoms with Crippen LogP contribution < -0.4 is 5.32 Å². The predicted molar refractivity (Wildman–Crippen MR) is 134 cm³/mol. The lowest BCUT2D eigenvalue weighted by molar-refractivity contribution is -0.127. The molecule has 7 rings (SSSR count). The van der Waals surface area contributed by atoms with E-state index in [1.54, 1.807) is 29.3 Å². The zero-order valence-corrected chi connectivity index (χ0v) is 19.7. The molecule has 37 heavy (non-hydrogen) atoms. The van der Waals surface area contributed by atoms with Crippen molar-refractivity contribution in [2.24, 2.45) is 0 Å². The molecule has 8 nitrogen and oxygen atoms in total. The first-order chi connectivity index (χ1) is 18.0. The maximum Gasteiger partial charge on any atom is 0.255 e. The molecule has 3 amide bonds. The number of hydrogen-bond donors (Lipinski definition) is 1. The smallest absolute Gasteiger partial charge is 0.255 e. The zero-order chi connectivity index (χ0) is 25.1. The second-order valence-electron chi connectivity index (χ2n) is 9.68. The highest BCUT2D eigenvalue weighted by molar-refractivity contribution is 6.12. The number of pyridine rings is 1. The van der Waals surface area contributed by atoms with E-state index >= 15 is 0 Å². The average molecular weight is 492 g/mol. The molecule has 1 N–H and O–H groups in total. The highest BCUT2D eigenvalue weighted by Crippen LogP contribution is 2.40. The van der Waals surface area contributed by atoms with Crippen LogP contribution in [0.1, 0.15) is 39.4 Å². The highest BCUT2D eigenvalue weighted by atomic mass is 16.3. The third-order valence-corrected chi connectivity index (χ3v) is 7.29. The number of rotatable bonds is 5. The number of hydrogen-bond acceptors (Lipinski definition) is 6. The van der Waals surface area contributed by atoms with Crippen LogP contribution in [0.2, 0.25) is 0 Å². The number of furan rings is 2. The fourth-order valence-electron chi connectivity index (χ4n) is 5.52. The molecular weight excluding hydrogens is 470 g/mol. The molecule has 1 atom stereocenters. The molecule has 0 radical (unpaired) electrons. The summed E-state index contributed by atoms with van der Waals surface area (Å²) >= 11 is 0. The number of carbonyl (C=O) groups excluding carboxylic acids is 3. The normalized spacial score (nSPS) is 19.2. The summed E-state index contributed by atoms with van der Waals surface area (Å²) in [6, 6.07) is 20.9. The average Bonchev–Trinajstić information content (AvgIpc) is 3.64. The van der Waals surface area contributed by atoms with E-state index in [-0.39, 0.29) is 18.9 Å². The number of aromatic nitrogens is 1. The van der Waals surface area contributed by atoms with Gasteiger partial charge in [0.15, 0.2) is 5.58 Å². The Kier molecular flexibility index (Phi) is 4.60. The van der Waals surface area contributed by atoms with Gasteiger partial charge in [0.25, 0.3) is 5.91 Å². The molecule has 182 valence electrons. The summed E-state index contributed by atoms with van der Waals surface area (Å²) in [6.45, 7) is 0.332. The number of nitrogens with one attached hydrogen (secondary N) is 1. The minimum Gasteiger partial charge on any atom is -0.461 e. The second kappa shape index (κ2) is 7.89. The maximum atomic E-state index is 13.7. The largest absolute Gasteiger partial charge is 0.461 e. The van der Waals surface area contributed by atoms with Crippen molar-refractivity contribution < 1.29 is 23.2 Å². The molecule has 0 spiro atoms.